The van der Waals surface area contributed by atoms with E-state index in [1.54, 1.807) is 42.0 Å². The van der Waals surface area contributed by atoms with Gasteiger partial charge in [-0.3, -0.25) is 9.36 Å². The minimum absolute atomic E-state index is 0.161. The number of methoxy groups -OCH3 is 1. The van der Waals surface area contributed by atoms with E-state index in [0.29, 0.717) is 38.2 Å². The average Bonchev–Trinajstić information content (AvgIpc) is 2.73. The molecule has 0 N–H and O–H groups in total. The molecule has 0 saturated carbocycles. The quantitative estimate of drug-likeness (QED) is 0.412. The van der Waals surface area contributed by atoms with Crippen molar-refractivity contribution in [3.05, 3.63) is 98.5 Å². The Balaban J connectivity index is 1.94. The first-order valence-corrected chi connectivity index (χ1v) is 9.62. The highest BCUT2D eigenvalue weighted by molar-refractivity contribution is 6.35. The van der Waals surface area contributed by atoms with Crippen LogP contribution >= 0.6 is 23.2 Å². The van der Waals surface area contributed by atoms with E-state index < -0.39 is 0 Å². The van der Waals surface area contributed by atoms with Gasteiger partial charge in [-0.2, -0.15) is 0 Å². The molecule has 4 rings (SSSR count). The number of fused-ring (bicyclic) bond motifs is 1. The van der Waals surface area contributed by atoms with E-state index in [2.05, 4.69) is 0 Å². The number of benzene rings is 3. The van der Waals surface area contributed by atoms with Gasteiger partial charge in [-0.1, -0.05) is 47.5 Å². The summed E-state index contributed by atoms with van der Waals surface area (Å²) >= 11 is 12.3. The van der Waals surface area contributed by atoms with Gasteiger partial charge in [0.1, 0.15) is 11.6 Å². The van der Waals surface area contributed by atoms with Crippen molar-refractivity contribution in [2.24, 2.45) is 0 Å². The van der Waals surface area contributed by atoms with Crippen molar-refractivity contribution in [2.75, 3.05) is 7.11 Å². The summed E-state index contributed by atoms with van der Waals surface area (Å²) in [6.45, 7) is 0. The Morgan fingerprint density at radius 3 is 2.59 bits per heavy atom. The van der Waals surface area contributed by atoms with Gasteiger partial charge in [0.25, 0.3) is 5.56 Å². The molecule has 4 aromatic rings. The minimum Gasteiger partial charge on any atom is -0.497 e. The van der Waals surface area contributed by atoms with Crippen molar-refractivity contribution >= 4 is 46.3 Å². The van der Waals surface area contributed by atoms with Crippen LogP contribution < -0.4 is 10.3 Å². The maximum absolute atomic E-state index is 13.3. The zero-order valence-corrected chi connectivity index (χ0v) is 17.0. The first kappa shape index (κ1) is 19.2. The maximum atomic E-state index is 13.3. The summed E-state index contributed by atoms with van der Waals surface area (Å²) in [6, 6.07) is 19.8. The molecule has 144 valence electrons. The number of aromatic nitrogens is 2. The van der Waals surface area contributed by atoms with Gasteiger partial charge in [-0.05, 0) is 54.1 Å². The summed E-state index contributed by atoms with van der Waals surface area (Å²) in [7, 11) is 1.59. The lowest BCUT2D eigenvalue weighted by atomic mass is 10.2. The maximum Gasteiger partial charge on any atom is 0.266 e. The van der Waals surface area contributed by atoms with E-state index in [-0.39, 0.29) is 5.56 Å². The number of hydrogen-bond acceptors (Lipinski definition) is 3. The Kier molecular flexibility index (Phi) is 5.38. The largest absolute Gasteiger partial charge is 0.497 e. The van der Waals surface area contributed by atoms with Crippen LogP contribution in [0.1, 0.15) is 11.4 Å². The highest BCUT2D eigenvalue weighted by Crippen LogP contribution is 2.24. The summed E-state index contributed by atoms with van der Waals surface area (Å²) in [6.07, 6.45) is 3.58. The number of rotatable bonds is 4. The summed E-state index contributed by atoms with van der Waals surface area (Å²) in [5.74, 6) is 1.13. The number of para-hydroxylation sites is 1. The Morgan fingerprint density at radius 2 is 1.79 bits per heavy atom. The van der Waals surface area contributed by atoms with Crippen molar-refractivity contribution in [1.29, 1.82) is 0 Å². The van der Waals surface area contributed by atoms with Gasteiger partial charge >= 0.3 is 0 Å². The second kappa shape index (κ2) is 8.11. The van der Waals surface area contributed by atoms with E-state index in [1.165, 1.54) is 0 Å². The Bertz CT molecular complexity index is 1300. The van der Waals surface area contributed by atoms with Crippen LogP contribution in [0.4, 0.5) is 0 Å². The van der Waals surface area contributed by atoms with Gasteiger partial charge in [0.2, 0.25) is 0 Å². The van der Waals surface area contributed by atoms with Crippen LogP contribution in [0.15, 0.2) is 71.5 Å². The van der Waals surface area contributed by atoms with Gasteiger partial charge in [0.15, 0.2) is 0 Å². The highest BCUT2D eigenvalue weighted by Gasteiger charge is 2.12. The molecule has 4 nitrogen and oxygen atoms in total. The number of halogens is 2. The normalized spacial score (nSPS) is 11.3. The summed E-state index contributed by atoms with van der Waals surface area (Å²) in [5, 5.41) is 1.62. The molecule has 0 aliphatic rings. The fraction of sp³-hybridized carbons (Fsp3) is 0.0435. The van der Waals surface area contributed by atoms with E-state index in [0.717, 1.165) is 5.56 Å². The van der Waals surface area contributed by atoms with Crippen molar-refractivity contribution in [2.45, 2.75) is 0 Å². The molecule has 0 atom stereocenters. The van der Waals surface area contributed by atoms with E-state index >= 15 is 0 Å². The molecule has 0 bridgehead atoms. The zero-order valence-electron chi connectivity index (χ0n) is 15.5. The van der Waals surface area contributed by atoms with Gasteiger partial charge in [0, 0.05) is 16.1 Å². The topological polar surface area (TPSA) is 44.1 Å². The molecular weight excluding hydrogens is 407 g/mol. The van der Waals surface area contributed by atoms with Crippen LogP contribution in [0.25, 0.3) is 28.7 Å². The minimum atomic E-state index is -0.161. The molecule has 29 heavy (non-hydrogen) atoms. The van der Waals surface area contributed by atoms with E-state index in [1.807, 2.05) is 48.5 Å². The predicted molar refractivity (Wildman–Crippen MR) is 119 cm³/mol. The lowest BCUT2D eigenvalue weighted by molar-refractivity contribution is 0.414. The third kappa shape index (κ3) is 3.90. The van der Waals surface area contributed by atoms with Crippen LogP contribution in [0.5, 0.6) is 5.75 Å². The summed E-state index contributed by atoms with van der Waals surface area (Å²) in [5.41, 5.74) is 1.90. The van der Waals surface area contributed by atoms with Crippen molar-refractivity contribution in [3.63, 3.8) is 0 Å². The van der Waals surface area contributed by atoms with Crippen LogP contribution in [0.2, 0.25) is 10.0 Å². The molecule has 1 aromatic heterocycles. The summed E-state index contributed by atoms with van der Waals surface area (Å²) < 4.78 is 6.88. The first-order valence-electron chi connectivity index (χ1n) is 8.86. The molecule has 0 aliphatic carbocycles. The number of nitrogens with zero attached hydrogens (tertiary/aromatic N) is 2. The van der Waals surface area contributed by atoms with Gasteiger partial charge < -0.3 is 4.74 Å². The molecule has 6 heteroatoms. The highest BCUT2D eigenvalue weighted by atomic mass is 35.5. The zero-order chi connectivity index (χ0) is 20.4. The molecule has 1 heterocycles. The molecule has 0 saturated heterocycles. The lowest BCUT2D eigenvalue weighted by Crippen LogP contribution is -2.22. The van der Waals surface area contributed by atoms with Crippen molar-refractivity contribution < 1.29 is 4.74 Å². The molecule has 3 aromatic carbocycles. The SMILES string of the molecule is COc1cccc(-n2c(/C=C\c3ccc(Cl)cc3Cl)nc3ccccc3c2=O)c1. The fourth-order valence-electron chi connectivity index (χ4n) is 3.06. The van der Waals surface area contributed by atoms with Crippen LogP contribution in [-0.2, 0) is 0 Å². The Hall–Kier alpha value is -3.08. The lowest BCUT2D eigenvalue weighted by Gasteiger charge is -2.12. The van der Waals surface area contributed by atoms with Gasteiger partial charge in [-0.15, -0.1) is 0 Å². The van der Waals surface area contributed by atoms with Crippen molar-refractivity contribution in [1.82, 2.24) is 9.55 Å². The third-order valence-electron chi connectivity index (χ3n) is 4.49. The molecule has 0 aliphatic heterocycles. The Labute approximate surface area is 177 Å². The van der Waals surface area contributed by atoms with Crippen LogP contribution in [-0.4, -0.2) is 16.7 Å². The molecular formula is C23H16Cl2N2O2. The fourth-order valence-corrected chi connectivity index (χ4v) is 3.53. The van der Waals surface area contributed by atoms with Crippen molar-refractivity contribution in [3.8, 4) is 11.4 Å². The third-order valence-corrected chi connectivity index (χ3v) is 5.05. The summed E-state index contributed by atoms with van der Waals surface area (Å²) in [4.78, 5) is 18.0. The number of ether oxygens (including phenoxy) is 1. The van der Waals surface area contributed by atoms with Gasteiger partial charge in [0.05, 0.1) is 23.7 Å². The second-order valence-electron chi connectivity index (χ2n) is 6.33. The standard InChI is InChI=1S/C23H16Cl2N2O2/c1-29-18-6-4-5-17(14-18)27-22(12-10-15-9-11-16(24)13-20(15)25)26-21-8-3-2-7-19(21)23(27)28/h2-14H,1H3/b12-10-. The second-order valence-corrected chi connectivity index (χ2v) is 7.17. The predicted octanol–water partition coefficient (Wildman–Crippen LogP) is 5.87. The molecule has 0 spiro atoms. The molecule has 0 amide bonds. The van der Waals surface area contributed by atoms with Crippen LogP contribution in [0, 0.1) is 0 Å². The van der Waals surface area contributed by atoms with E-state index in [9.17, 15) is 4.79 Å². The van der Waals surface area contributed by atoms with Crippen LogP contribution in [0.3, 0.4) is 0 Å². The average molecular weight is 423 g/mol. The Morgan fingerprint density at radius 1 is 0.966 bits per heavy atom. The molecule has 0 radical (unpaired) electrons. The number of hydrogen-bond donors (Lipinski definition) is 0. The van der Waals surface area contributed by atoms with E-state index in [4.69, 9.17) is 32.9 Å². The first-order chi connectivity index (χ1) is 14.1. The molecule has 0 fully saturated rings. The smallest absolute Gasteiger partial charge is 0.266 e. The van der Waals surface area contributed by atoms with Gasteiger partial charge in [-0.25, -0.2) is 4.98 Å². The molecule has 0 unspecified atom stereocenters. The monoisotopic (exact) mass is 422 g/mol.